The number of methoxy groups -OCH3 is 3. The molecule has 5 aromatic carbocycles. The average Bonchev–Trinajstić information content (AvgIpc) is 3.27. The molecule has 0 heterocycles. The van der Waals surface area contributed by atoms with E-state index in [1.807, 2.05) is 60.7 Å². The van der Waals surface area contributed by atoms with Crippen LogP contribution in [-0.4, -0.2) is 21.3 Å². The third-order valence-corrected chi connectivity index (χ3v) is 6.43. The van der Waals surface area contributed by atoms with Gasteiger partial charge in [-0.05, 0) is 103 Å². The van der Waals surface area contributed by atoms with Crippen LogP contribution >= 0.6 is 0 Å². The summed E-state index contributed by atoms with van der Waals surface area (Å²) >= 11 is 0. The van der Waals surface area contributed by atoms with Gasteiger partial charge in [-0.2, -0.15) is 26.3 Å². The predicted octanol–water partition coefficient (Wildman–Crippen LogP) is 7.00. The fraction of sp³-hybridized carbons (Fsp3) is 0.0625. The third kappa shape index (κ3) is 20.4. The van der Waals surface area contributed by atoms with Crippen LogP contribution < -0.4 is 25.7 Å². The van der Waals surface area contributed by atoms with Crippen LogP contribution in [0.2, 0.25) is 0 Å². The first-order valence-corrected chi connectivity index (χ1v) is 16.4. The summed E-state index contributed by atoms with van der Waals surface area (Å²) in [5, 5.41) is 40.9. The molecule has 10 nitrogen and oxygen atoms in total. The van der Waals surface area contributed by atoms with Crippen molar-refractivity contribution >= 4 is 11.4 Å². The van der Waals surface area contributed by atoms with Gasteiger partial charge in [0.15, 0.2) is 30.3 Å². The van der Waals surface area contributed by atoms with E-state index in [1.54, 1.807) is 112 Å². The Morgan fingerprint density at radius 1 is 0.397 bits per heavy atom. The van der Waals surface area contributed by atoms with E-state index in [4.69, 9.17) is 52.0 Å². The number of nitriles is 5. The lowest BCUT2D eigenvalue weighted by atomic mass is 10.2. The molecule has 0 fully saturated rings. The second-order valence-electron chi connectivity index (χ2n) is 10.2. The Hall–Kier alpha value is -9.65. The monoisotopic (exact) mass is 755 g/mol. The molecule has 0 aliphatic heterocycles. The molecule has 0 aliphatic rings. The number of nitrogen functional groups attached to an aromatic ring is 2. The highest BCUT2D eigenvalue weighted by Gasteiger charge is 1.95. The zero-order valence-corrected chi connectivity index (χ0v) is 31.7. The molecule has 0 amide bonds. The molecule has 0 spiro atoms. The molecule has 0 unspecified atom stereocenters. The zero-order valence-electron chi connectivity index (χ0n) is 31.7. The predicted molar refractivity (Wildman–Crippen MR) is 223 cm³/mol. The molecule has 0 bridgehead atoms. The number of benzene rings is 5. The SMILES string of the molecule is COc1ccc(C#CC#N)cc1.COc1cccc(C#CC#N)c1.COc1ccccc1C#CC#N.N#CC#Cc1ccc(N)cc1.N#CC#Cc1ccccc1N. The number of rotatable bonds is 3. The Morgan fingerprint density at radius 3 is 1.34 bits per heavy atom. The van der Waals surface area contributed by atoms with Crippen LogP contribution in [0.5, 0.6) is 17.2 Å². The van der Waals surface area contributed by atoms with Gasteiger partial charge in [-0.1, -0.05) is 48.1 Å². The summed E-state index contributed by atoms with van der Waals surface area (Å²) in [6.45, 7) is 0. The van der Waals surface area contributed by atoms with Gasteiger partial charge in [0.25, 0.3) is 0 Å². The van der Waals surface area contributed by atoms with Crippen LogP contribution in [0.15, 0.2) is 121 Å². The van der Waals surface area contributed by atoms with Crippen molar-refractivity contribution in [1.82, 2.24) is 0 Å². The molecule has 0 saturated heterocycles. The fourth-order valence-corrected chi connectivity index (χ4v) is 3.79. The van der Waals surface area contributed by atoms with Crippen molar-refractivity contribution in [1.29, 1.82) is 26.3 Å². The van der Waals surface area contributed by atoms with Gasteiger partial charge in [0.05, 0.1) is 26.9 Å². The molecule has 0 atom stereocenters. The van der Waals surface area contributed by atoms with Gasteiger partial charge in [-0.3, -0.25) is 0 Å². The molecular formula is C48H33N7O3. The van der Waals surface area contributed by atoms with Crippen LogP contribution in [-0.2, 0) is 0 Å². The van der Waals surface area contributed by atoms with Gasteiger partial charge in [0.2, 0.25) is 0 Å². The summed E-state index contributed by atoms with van der Waals surface area (Å²) in [4.78, 5) is 0. The molecule has 5 rings (SSSR count). The Morgan fingerprint density at radius 2 is 0.845 bits per heavy atom. The second kappa shape index (κ2) is 29.9. The second-order valence-corrected chi connectivity index (χ2v) is 10.2. The highest BCUT2D eigenvalue weighted by molar-refractivity contribution is 5.56. The van der Waals surface area contributed by atoms with E-state index in [2.05, 4.69) is 59.2 Å². The van der Waals surface area contributed by atoms with Gasteiger partial charge in [0.1, 0.15) is 17.2 Å². The van der Waals surface area contributed by atoms with Crippen molar-refractivity contribution in [3.8, 4) is 107 Å². The Balaban J connectivity index is 0.000000363. The maximum Gasteiger partial charge on any atom is 0.152 e. The first kappa shape index (κ1) is 46.4. The molecule has 5 aromatic rings. The Kier molecular flexibility index (Phi) is 23.9. The minimum absolute atomic E-state index is 0.607. The number of hydrogen-bond donors (Lipinski definition) is 2. The lowest BCUT2D eigenvalue weighted by Gasteiger charge is -2.00. The summed E-state index contributed by atoms with van der Waals surface area (Å²) in [5.74, 6) is 27.1. The quantitative estimate of drug-likeness (QED) is 0.143. The Bertz CT molecular complexity index is 2630. The normalized spacial score (nSPS) is 7.62. The maximum absolute atomic E-state index is 8.23. The molecule has 58 heavy (non-hydrogen) atoms. The van der Waals surface area contributed by atoms with E-state index < -0.39 is 0 Å². The zero-order chi connectivity index (χ0) is 42.6. The summed E-state index contributed by atoms with van der Waals surface area (Å²) in [7, 11) is 4.78. The number of hydrogen-bond acceptors (Lipinski definition) is 10. The van der Waals surface area contributed by atoms with E-state index in [0.717, 1.165) is 33.8 Å². The smallest absolute Gasteiger partial charge is 0.152 e. The molecule has 0 aromatic heterocycles. The fourth-order valence-electron chi connectivity index (χ4n) is 3.79. The number of anilines is 2. The highest BCUT2D eigenvalue weighted by atomic mass is 16.5. The third-order valence-electron chi connectivity index (χ3n) is 6.43. The maximum atomic E-state index is 8.23. The average molecular weight is 756 g/mol. The van der Waals surface area contributed by atoms with Crippen molar-refractivity contribution in [2.45, 2.75) is 0 Å². The first-order valence-electron chi connectivity index (χ1n) is 16.4. The lowest BCUT2D eigenvalue weighted by Crippen LogP contribution is -1.87. The molecule has 0 saturated carbocycles. The minimum Gasteiger partial charge on any atom is -0.497 e. The van der Waals surface area contributed by atoms with Crippen molar-refractivity contribution in [2.24, 2.45) is 0 Å². The van der Waals surface area contributed by atoms with Crippen LogP contribution in [0, 0.1) is 116 Å². The summed E-state index contributed by atoms with van der Waals surface area (Å²) in [6, 6.07) is 44.8. The van der Waals surface area contributed by atoms with Gasteiger partial charge in [0, 0.05) is 63.2 Å². The molecule has 278 valence electrons. The van der Waals surface area contributed by atoms with Crippen molar-refractivity contribution in [3.63, 3.8) is 0 Å². The molecule has 10 heteroatoms. The van der Waals surface area contributed by atoms with Crippen LogP contribution in [0.3, 0.4) is 0 Å². The Labute approximate surface area is 339 Å². The van der Waals surface area contributed by atoms with Crippen LogP contribution in [0.4, 0.5) is 11.4 Å². The minimum atomic E-state index is 0.607. The van der Waals surface area contributed by atoms with Crippen LogP contribution in [0.1, 0.15) is 27.8 Å². The van der Waals surface area contributed by atoms with Gasteiger partial charge < -0.3 is 25.7 Å². The van der Waals surface area contributed by atoms with Crippen LogP contribution in [0.25, 0.3) is 0 Å². The van der Waals surface area contributed by atoms with E-state index in [-0.39, 0.29) is 0 Å². The van der Waals surface area contributed by atoms with Crippen molar-refractivity contribution < 1.29 is 14.2 Å². The number of para-hydroxylation sites is 2. The number of nitrogens with two attached hydrogens (primary N) is 2. The molecular weight excluding hydrogens is 723 g/mol. The number of ether oxygens (including phenoxy) is 3. The molecule has 0 aliphatic carbocycles. The first-order chi connectivity index (χ1) is 28.3. The van der Waals surface area contributed by atoms with E-state index in [1.165, 1.54) is 0 Å². The summed E-state index contributed by atoms with van der Waals surface area (Å²) < 4.78 is 15.0. The van der Waals surface area contributed by atoms with Gasteiger partial charge in [-0.15, -0.1) is 0 Å². The molecule has 4 N–H and O–H groups in total. The van der Waals surface area contributed by atoms with Crippen molar-refractivity contribution in [2.75, 3.05) is 32.8 Å². The largest absolute Gasteiger partial charge is 0.497 e. The van der Waals surface area contributed by atoms with Crippen molar-refractivity contribution in [3.05, 3.63) is 149 Å². The van der Waals surface area contributed by atoms with E-state index in [9.17, 15) is 0 Å². The standard InChI is InChI=1S/3C10H7NO.2C9H6N2/c1-12-10-6-2-4-9(8-10)5-3-7-11;1-12-10-6-4-9(5-7-10)3-2-8-11;1-12-10-7-3-2-5-9(10)6-4-8-11;10-7-1-2-8-3-5-9(11)6-4-8;10-7-3-5-8-4-1-2-6-9(8)11/h2,4,6,8H,1H3;4-7H,1H3;2-3,5,7H,1H3;3-6H,11H2;1-2,4,6H,11H2. The summed E-state index contributed by atoms with van der Waals surface area (Å²) in [6.07, 6.45) is 0. The van der Waals surface area contributed by atoms with E-state index >= 15 is 0 Å². The summed E-state index contributed by atoms with van der Waals surface area (Å²) in [5.41, 5.74) is 16.2. The lowest BCUT2D eigenvalue weighted by molar-refractivity contribution is 0.413. The van der Waals surface area contributed by atoms with E-state index in [0.29, 0.717) is 22.7 Å². The van der Waals surface area contributed by atoms with Gasteiger partial charge >= 0.3 is 0 Å². The highest BCUT2D eigenvalue weighted by Crippen LogP contribution is 2.15. The number of nitrogens with zero attached hydrogens (tertiary/aromatic N) is 5. The van der Waals surface area contributed by atoms with Gasteiger partial charge in [-0.25, -0.2) is 0 Å². The topological polar surface area (TPSA) is 199 Å². The molecule has 0 radical (unpaired) electrons.